The number of para-hydroxylation sites is 1. The van der Waals surface area contributed by atoms with Gasteiger partial charge in [0.15, 0.2) is 0 Å². The summed E-state index contributed by atoms with van der Waals surface area (Å²) in [5.74, 6) is 0. The minimum atomic E-state index is 0.892. The first-order valence-electron chi connectivity index (χ1n) is 4.14. The second-order valence-electron chi connectivity index (χ2n) is 2.72. The van der Waals surface area contributed by atoms with Crippen LogP contribution in [0.2, 0.25) is 0 Å². The van der Waals surface area contributed by atoms with E-state index in [9.17, 15) is 0 Å². The van der Waals surface area contributed by atoms with Crippen LogP contribution in [0.25, 0.3) is 11.8 Å². The van der Waals surface area contributed by atoms with Gasteiger partial charge in [-0.2, -0.15) is 5.10 Å². The first kappa shape index (κ1) is 7.80. The first-order chi connectivity index (χ1) is 6.40. The van der Waals surface area contributed by atoms with E-state index in [-0.39, 0.29) is 0 Å². The summed E-state index contributed by atoms with van der Waals surface area (Å²) in [7, 11) is 0. The molecule has 2 nitrogen and oxygen atoms in total. The Kier molecular flexibility index (Phi) is 1.96. The lowest BCUT2D eigenvalue weighted by Crippen LogP contribution is -1.93. The topological polar surface area (TPSA) is 17.8 Å². The van der Waals surface area contributed by atoms with Gasteiger partial charge in [0, 0.05) is 6.20 Å². The third kappa shape index (κ3) is 1.51. The van der Waals surface area contributed by atoms with Gasteiger partial charge in [-0.05, 0) is 24.3 Å². The van der Waals surface area contributed by atoms with Crippen molar-refractivity contribution in [1.29, 1.82) is 0 Å². The predicted molar refractivity (Wildman–Crippen MR) is 53.7 cm³/mol. The van der Waals surface area contributed by atoms with Crippen LogP contribution in [0.3, 0.4) is 0 Å². The van der Waals surface area contributed by atoms with Crippen LogP contribution in [0.4, 0.5) is 0 Å². The maximum atomic E-state index is 4.30. The van der Waals surface area contributed by atoms with E-state index in [1.54, 1.807) is 6.08 Å². The Morgan fingerprint density at radius 1 is 1.15 bits per heavy atom. The zero-order valence-electron chi connectivity index (χ0n) is 7.22. The highest BCUT2D eigenvalue weighted by atomic mass is 15.3. The van der Waals surface area contributed by atoms with Gasteiger partial charge in [-0.1, -0.05) is 24.8 Å². The molecule has 0 aliphatic carbocycles. The molecule has 0 atom stereocenters. The van der Waals surface area contributed by atoms with Crippen molar-refractivity contribution in [3.8, 4) is 5.69 Å². The summed E-state index contributed by atoms with van der Waals surface area (Å²) in [5, 5.41) is 4.30. The normalized spacial score (nSPS) is 9.85. The number of hydrogen-bond acceptors (Lipinski definition) is 1. The number of hydrogen-bond donors (Lipinski definition) is 0. The van der Waals surface area contributed by atoms with Gasteiger partial charge in [0.05, 0.1) is 11.4 Å². The van der Waals surface area contributed by atoms with Crippen LogP contribution in [-0.4, -0.2) is 9.78 Å². The van der Waals surface area contributed by atoms with Crippen LogP contribution in [0.5, 0.6) is 0 Å². The van der Waals surface area contributed by atoms with Gasteiger partial charge >= 0.3 is 0 Å². The van der Waals surface area contributed by atoms with Crippen molar-refractivity contribution in [2.45, 2.75) is 0 Å². The van der Waals surface area contributed by atoms with Crippen molar-refractivity contribution < 1.29 is 0 Å². The van der Waals surface area contributed by atoms with E-state index in [0.29, 0.717) is 0 Å². The van der Waals surface area contributed by atoms with Crippen molar-refractivity contribution in [3.63, 3.8) is 0 Å². The van der Waals surface area contributed by atoms with Crippen molar-refractivity contribution in [2.24, 2.45) is 0 Å². The van der Waals surface area contributed by atoms with Crippen molar-refractivity contribution >= 4 is 6.08 Å². The SMILES string of the molecule is C=Cc1ccn(-c2ccccc2)n1. The van der Waals surface area contributed by atoms with Crippen LogP contribution >= 0.6 is 0 Å². The van der Waals surface area contributed by atoms with Crippen LogP contribution in [0.15, 0.2) is 49.2 Å². The monoisotopic (exact) mass is 170 g/mol. The van der Waals surface area contributed by atoms with Gasteiger partial charge in [-0.3, -0.25) is 0 Å². The molecule has 0 spiro atoms. The van der Waals surface area contributed by atoms with Gasteiger partial charge in [-0.25, -0.2) is 4.68 Å². The zero-order chi connectivity index (χ0) is 9.10. The molecule has 0 radical (unpaired) electrons. The Hall–Kier alpha value is -1.83. The summed E-state index contributed by atoms with van der Waals surface area (Å²) < 4.78 is 1.83. The number of rotatable bonds is 2. The molecule has 0 aliphatic heterocycles. The Morgan fingerprint density at radius 3 is 2.54 bits per heavy atom. The van der Waals surface area contributed by atoms with Crippen LogP contribution < -0.4 is 0 Å². The van der Waals surface area contributed by atoms with Crippen LogP contribution in [-0.2, 0) is 0 Å². The summed E-state index contributed by atoms with van der Waals surface area (Å²) in [6.45, 7) is 3.66. The standard InChI is InChI=1S/C11H10N2/c1-2-10-8-9-13(12-10)11-6-4-3-5-7-11/h2-9H,1H2. The van der Waals surface area contributed by atoms with Gasteiger partial charge in [0.1, 0.15) is 0 Å². The van der Waals surface area contributed by atoms with E-state index in [4.69, 9.17) is 0 Å². The fourth-order valence-electron chi connectivity index (χ4n) is 1.17. The average molecular weight is 170 g/mol. The largest absolute Gasteiger partial charge is 0.240 e. The van der Waals surface area contributed by atoms with Crippen LogP contribution in [0.1, 0.15) is 5.69 Å². The summed E-state index contributed by atoms with van der Waals surface area (Å²) in [4.78, 5) is 0. The van der Waals surface area contributed by atoms with Crippen molar-refractivity contribution in [2.75, 3.05) is 0 Å². The van der Waals surface area contributed by atoms with Gasteiger partial charge < -0.3 is 0 Å². The Morgan fingerprint density at radius 2 is 1.92 bits per heavy atom. The molecule has 0 amide bonds. The quantitative estimate of drug-likeness (QED) is 0.677. The molecule has 0 saturated heterocycles. The maximum Gasteiger partial charge on any atom is 0.0849 e. The Balaban J connectivity index is 2.41. The highest BCUT2D eigenvalue weighted by Gasteiger charge is 1.95. The summed E-state index contributed by atoms with van der Waals surface area (Å²) in [6, 6.07) is 11.9. The molecule has 0 N–H and O–H groups in total. The Bertz CT molecular complexity index is 401. The molecule has 2 rings (SSSR count). The molecule has 2 aromatic rings. The minimum absolute atomic E-state index is 0.892. The maximum absolute atomic E-state index is 4.30. The molecule has 1 aromatic carbocycles. The molecular formula is C11H10N2. The van der Waals surface area contributed by atoms with E-state index >= 15 is 0 Å². The van der Waals surface area contributed by atoms with Gasteiger partial charge in [0.2, 0.25) is 0 Å². The average Bonchev–Trinajstić information content (AvgIpc) is 2.67. The zero-order valence-corrected chi connectivity index (χ0v) is 7.22. The molecule has 0 fully saturated rings. The molecule has 1 heterocycles. The molecule has 13 heavy (non-hydrogen) atoms. The second-order valence-corrected chi connectivity index (χ2v) is 2.72. The van der Waals surface area contributed by atoms with E-state index in [0.717, 1.165) is 11.4 Å². The highest BCUT2D eigenvalue weighted by molar-refractivity contribution is 5.41. The fourth-order valence-corrected chi connectivity index (χ4v) is 1.17. The highest BCUT2D eigenvalue weighted by Crippen LogP contribution is 2.06. The van der Waals surface area contributed by atoms with E-state index < -0.39 is 0 Å². The summed E-state index contributed by atoms with van der Waals surface area (Å²) in [6.07, 6.45) is 3.66. The second kappa shape index (κ2) is 3.27. The summed E-state index contributed by atoms with van der Waals surface area (Å²) >= 11 is 0. The van der Waals surface area contributed by atoms with Gasteiger partial charge in [0.25, 0.3) is 0 Å². The van der Waals surface area contributed by atoms with E-state index in [2.05, 4.69) is 11.7 Å². The first-order valence-corrected chi connectivity index (χ1v) is 4.14. The van der Waals surface area contributed by atoms with Crippen molar-refractivity contribution in [1.82, 2.24) is 9.78 Å². The van der Waals surface area contributed by atoms with Gasteiger partial charge in [-0.15, -0.1) is 0 Å². The third-order valence-corrected chi connectivity index (χ3v) is 1.84. The van der Waals surface area contributed by atoms with E-state index in [1.807, 2.05) is 47.3 Å². The smallest absolute Gasteiger partial charge is 0.0849 e. The lowest BCUT2D eigenvalue weighted by Gasteiger charge is -1.98. The molecule has 0 bridgehead atoms. The minimum Gasteiger partial charge on any atom is -0.240 e. The predicted octanol–water partition coefficient (Wildman–Crippen LogP) is 2.52. The molecular weight excluding hydrogens is 160 g/mol. The number of nitrogens with zero attached hydrogens (tertiary/aromatic N) is 2. The molecule has 0 saturated carbocycles. The molecule has 0 aliphatic rings. The lowest BCUT2D eigenvalue weighted by molar-refractivity contribution is 0.876. The lowest BCUT2D eigenvalue weighted by atomic mass is 10.3. The Labute approximate surface area is 77.1 Å². The number of benzene rings is 1. The molecule has 1 aromatic heterocycles. The molecule has 2 heteroatoms. The van der Waals surface area contributed by atoms with E-state index in [1.165, 1.54) is 0 Å². The number of aromatic nitrogens is 2. The third-order valence-electron chi connectivity index (χ3n) is 1.84. The summed E-state index contributed by atoms with van der Waals surface area (Å²) in [5.41, 5.74) is 1.96. The fraction of sp³-hybridized carbons (Fsp3) is 0. The van der Waals surface area contributed by atoms with Crippen LogP contribution in [0, 0.1) is 0 Å². The molecule has 64 valence electrons. The molecule has 0 unspecified atom stereocenters. The van der Waals surface area contributed by atoms with Crippen molar-refractivity contribution in [3.05, 3.63) is 54.9 Å².